The van der Waals surface area contributed by atoms with Crippen molar-refractivity contribution in [1.29, 1.82) is 0 Å². The molecule has 0 aliphatic heterocycles. The molecule has 1 aromatic heterocycles. The van der Waals surface area contributed by atoms with Crippen LogP contribution in [0.1, 0.15) is 17.3 Å². The zero-order valence-electron chi connectivity index (χ0n) is 6.61. The van der Waals surface area contributed by atoms with Crippen molar-refractivity contribution in [3.05, 3.63) is 24.2 Å². The van der Waals surface area contributed by atoms with Crippen LogP contribution < -0.4 is 0 Å². The van der Waals surface area contributed by atoms with Crippen LogP contribution in [0.3, 0.4) is 0 Å². The Kier molecular flexibility index (Phi) is 2.54. The van der Waals surface area contributed by atoms with E-state index >= 15 is 0 Å². The van der Waals surface area contributed by atoms with Gasteiger partial charge < -0.3 is 9.15 Å². The summed E-state index contributed by atoms with van der Waals surface area (Å²) in [5.74, 6) is 1.82. The molecule has 0 aliphatic rings. The van der Waals surface area contributed by atoms with E-state index in [0.29, 0.717) is 5.56 Å². The summed E-state index contributed by atoms with van der Waals surface area (Å²) >= 11 is 0. The minimum atomic E-state index is -0.507. The van der Waals surface area contributed by atoms with Crippen molar-refractivity contribution in [3.8, 4) is 12.3 Å². The molecule has 1 heterocycles. The van der Waals surface area contributed by atoms with E-state index in [0.717, 1.165) is 0 Å². The largest absolute Gasteiger partial charge is 0.472 e. The Balaban J connectivity index is 2.57. The maximum absolute atomic E-state index is 11.1. The molecule has 1 aromatic rings. The van der Waals surface area contributed by atoms with E-state index in [1.165, 1.54) is 18.6 Å². The minimum absolute atomic E-state index is 0.372. The van der Waals surface area contributed by atoms with Gasteiger partial charge in [0.25, 0.3) is 0 Å². The fraction of sp³-hybridized carbons (Fsp3) is 0.222. The quantitative estimate of drug-likeness (QED) is 0.490. The minimum Gasteiger partial charge on any atom is -0.472 e. The molecule has 1 atom stereocenters. The molecule has 0 aromatic carbocycles. The fourth-order valence-electron chi connectivity index (χ4n) is 0.643. The number of carbonyl (C=O) groups excluding carboxylic acids is 1. The lowest BCUT2D eigenvalue weighted by Crippen LogP contribution is -2.12. The Morgan fingerprint density at radius 2 is 2.58 bits per heavy atom. The zero-order valence-corrected chi connectivity index (χ0v) is 6.61. The van der Waals surface area contributed by atoms with Crippen LogP contribution in [0.4, 0.5) is 0 Å². The molecule has 0 spiro atoms. The number of terminal acetylenes is 1. The SMILES string of the molecule is C#CC(C)OC(=O)c1ccoc1. The van der Waals surface area contributed by atoms with E-state index in [4.69, 9.17) is 15.6 Å². The van der Waals surface area contributed by atoms with Crippen LogP contribution >= 0.6 is 0 Å². The molecule has 3 heteroatoms. The Morgan fingerprint density at radius 1 is 1.83 bits per heavy atom. The third-order valence-electron chi connectivity index (χ3n) is 1.28. The molecule has 3 nitrogen and oxygen atoms in total. The molecule has 0 saturated heterocycles. The van der Waals surface area contributed by atoms with Crippen LogP contribution in [0.2, 0.25) is 0 Å². The van der Waals surface area contributed by atoms with Gasteiger partial charge in [-0.15, -0.1) is 6.42 Å². The van der Waals surface area contributed by atoms with Gasteiger partial charge in [0.2, 0.25) is 0 Å². The molecule has 0 amide bonds. The van der Waals surface area contributed by atoms with Gasteiger partial charge in [-0.05, 0) is 13.0 Å². The maximum Gasteiger partial charge on any atom is 0.342 e. The van der Waals surface area contributed by atoms with Gasteiger partial charge in [-0.25, -0.2) is 4.79 Å². The Labute approximate surface area is 70.3 Å². The highest BCUT2D eigenvalue weighted by molar-refractivity contribution is 5.89. The number of esters is 1. The second-order valence-electron chi connectivity index (χ2n) is 2.23. The van der Waals surface area contributed by atoms with Gasteiger partial charge in [-0.3, -0.25) is 0 Å². The van der Waals surface area contributed by atoms with E-state index in [1.54, 1.807) is 6.92 Å². The predicted molar refractivity (Wildman–Crippen MR) is 42.4 cm³/mol. The number of hydrogen-bond acceptors (Lipinski definition) is 3. The molecule has 1 unspecified atom stereocenters. The Morgan fingerprint density at radius 3 is 3.08 bits per heavy atom. The third kappa shape index (κ3) is 1.89. The maximum atomic E-state index is 11.1. The molecule has 0 aliphatic carbocycles. The smallest absolute Gasteiger partial charge is 0.342 e. The second kappa shape index (κ2) is 3.63. The topological polar surface area (TPSA) is 39.4 Å². The van der Waals surface area contributed by atoms with Gasteiger partial charge in [0.05, 0.1) is 11.8 Å². The number of ether oxygens (including phenoxy) is 1. The average Bonchev–Trinajstić information content (AvgIpc) is 2.56. The van der Waals surface area contributed by atoms with E-state index in [2.05, 4.69) is 5.92 Å². The van der Waals surface area contributed by atoms with Crippen molar-refractivity contribution in [2.75, 3.05) is 0 Å². The van der Waals surface area contributed by atoms with Gasteiger partial charge in [-0.2, -0.15) is 0 Å². The predicted octanol–water partition coefficient (Wildman–Crippen LogP) is 1.46. The first-order valence-corrected chi connectivity index (χ1v) is 3.43. The molecule has 0 fully saturated rings. The lowest BCUT2D eigenvalue weighted by atomic mass is 10.3. The van der Waals surface area contributed by atoms with Gasteiger partial charge in [-0.1, -0.05) is 5.92 Å². The molecule has 62 valence electrons. The van der Waals surface area contributed by atoms with E-state index in [9.17, 15) is 4.79 Å². The van der Waals surface area contributed by atoms with Crippen molar-refractivity contribution in [3.63, 3.8) is 0 Å². The van der Waals surface area contributed by atoms with Crippen molar-refractivity contribution in [2.45, 2.75) is 13.0 Å². The van der Waals surface area contributed by atoms with E-state index in [1.807, 2.05) is 0 Å². The summed E-state index contributed by atoms with van der Waals surface area (Å²) in [6, 6.07) is 1.52. The molecule has 0 N–H and O–H groups in total. The molecule has 0 radical (unpaired) electrons. The number of furan rings is 1. The average molecular weight is 164 g/mol. The monoisotopic (exact) mass is 164 g/mol. The summed E-state index contributed by atoms with van der Waals surface area (Å²) in [6.45, 7) is 1.62. The Hall–Kier alpha value is -1.69. The standard InChI is InChI=1S/C9H8O3/c1-3-7(2)12-9(10)8-4-5-11-6-8/h1,4-7H,2H3. The van der Waals surface area contributed by atoms with Crippen molar-refractivity contribution in [1.82, 2.24) is 0 Å². The summed E-state index contributed by atoms with van der Waals surface area (Å²) in [4.78, 5) is 11.1. The first kappa shape index (κ1) is 8.41. The second-order valence-corrected chi connectivity index (χ2v) is 2.23. The lowest BCUT2D eigenvalue weighted by molar-refractivity contribution is 0.0438. The van der Waals surface area contributed by atoms with Crippen molar-refractivity contribution < 1.29 is 13.9 Å². The van der Waals surface area contributed by atoms with Crippen molar-refractivity contribution in [2.24, 2.45) is 0 Å². The number of hydrogen-bond donors (Lipinski definition) is 0. The summed E-state index contributed by atoms with van der Waals surface area (Å²) < 4.78 is 9.51. The lowest BCUT2D eigenvalue weighted by Gasteiger charge is -2.04. The summed E-state index contributed by atoms with van der Waals surface area (Å²) in [7, 11) is 0. The summed E-state index contributed by atoms with van der Waals surface area (Å²) in [5, 5.41) is 0. The normalized spacial score (nSPS) is 11.7. The zero-order chi connectivity index (χ0) is 8.97. The number of carbonyl (C=O) groups is 1. The highest BCUT2D eigenvalue weighted by Crippen LogP contribution is 2.03. The van der Waals surface area contributed by atoms with Crippen LogP contribution in [0.5, 0.6) is 0 Å². The molecule has 12 heavy (non-hydrogen) atoms. The van der Waals surface area contributed by atoms with Crippen molar-refractivity contribution >= 4 is 5.97 Å². The highest BCUT2D eigenvalue weighted by Gasteiger charge is 2.10. The molecular weight excluding hydrogens is 156 g/mol. The molecule has 0 saturated carbocycles. The summed E-state index contributed by atoms with van der Waals surface area (Å²) in [6.07, 6.45) is 7.23. The first-order valence-electron chi connectivity index (χ1n) is 3.43. The van der Waals surface area contributed by atoms with Gasteiger partial charge >= 0.3 is 5.97 Å². The van der Waals surface area contributed by atoms with E-state index in [-0.39, 0.29) is 0 Å². The van der Waals surface area contributed by atoms with Gasteiger partial charge in [0.1, 0.15) is 6.26 Å². The van der Waals surface area contributed by atoms with Crippen LogP contribution in [0.15, 0.2) is 23.0 Å². The highest BCUT2D eigenvalue weighted by atomic mass is 16.5. The molecular formula is C9H8O3. The molecule has 0 bridgehead atoms. The molecule has 1 rings (SSSR count). The van der Waals surface area contributed by atoms with Crippen LogP contribution in [0, 0.1) is 12.3 Å². The number of rotatable bonds is 2. The van der Waals surface area contributed by atoms with E-state index < -0.39 is 12.1 Å². The summed E-state index contributed by atoms with van der Waals surface area (Å²) in [5.41, 5.74) is 0.372. The van der Waals surface area contributed by atoms with Crippen LogP contribution in [0.25, 0.3) is 0 Å². The van der Waals surface area contributed by atoms with Gasteiger partial charge in [0.15, 0.2) is 6.10 Å². The fourth-order valence-corrected chi connectivity index (χ4v) is 0.643. The third-order valence-corrected chi connectivity index (χ3v) is 1.28. The first-order chi connectivity index (χ1) is 5.74. The van der Waals surface area contributed by atoms with Crippen LogP contribution in [-0.4, -0.2) is 12.1 Å². The Bertz CT molecular complexity index is 292. The van der Waals surface area contributed by atoms with Crippen LogP contribution in [-0.2, 0) is 4.74 Å². The van der Waals surface area contributed by atoms with Gasteiger partial charge in [0, 0.05) is 0 Å².